The zero-order valence-corrected chi connectivity index (χ0v) is 33.4. The van der Waals surface area contributed by atoms with Gasteiger partial charge >= 0.3 is 11.8 Å². The van der Waals surface area contributed by atoms with Crippen molar-refractivity contribution in [3.05, 3.63) is 113 Å². The van der Waals surface area contributed by atoms with E-state index in [-0.39, 0.29) is 35.6 Å². The Labute approximate surface area is 341 Å². The highest BCUT2D eigenvalue weighted by Crippen LogP contribution is 2.33. The van der Waals surface area contributed by atoms with E-state index < -0.39 is 11.7 Å². The lowest BCUT2D eigenvalue weighted by Crippen LogP contribution is -2.39. The summed E-state index contributed by atoms with van der Waals surface area (Å²) >= 11 is 0. The molecule has 5 heterocycles. The van der Waals surface area contributed by atoms with Gasteiger partial charge in [-0.25, -0.2) is 9.37 Å². The maximum atomic E-state index is 15.3. The fraction of sp³-hybridized carbons (Fsp3) is 0.356. The Morgan fingerprint density at radius 1 is 0.949 bits per heavy atom. The highest BCUT2D eigenvalue weighted by atomic mass is 19.1. The summed E-state index contributed by atoms with van der Waals surface area (Å²) in [6, 6.07) is 23.2. The third kappa shape index (κ3) is 9.07. The van der Waals surface area contributed by atoms with Crippen LogP contribution >= 0.6 is 0 Å². The number of nitrogens with zero attached hydrogens (tertiary/aromatic N) is 5. The van der Waals surface area contributed by atoms with Crippen molar-refractivity contribution in [1.82, 2.24) is 40.9 Å². The Kier molecular flexibility index (Phi) is 11.3. The zero-order chi connectivity index (χ0) is 41.1. The monoisotopic (exact) mass is 798 g/mol. The number of aromatic amines is 1. The number of pyridine rings is 1. The Hall–Kier alpha value is -6.28. The average Bonchev–Trinajstić information content (AvgIpc) is 3.91. The largest absolute Gasteiger partial charge is 0.494 e. The first kappa shape index (κ1) is 39.5. The van der Waals surface area contributed by atoms with Crippen LogP contribution in [0.4, 0.5) is 4.39 Å². The van der Waals surface area contributed by atoms with Gasteiger partial charge in [-0.1, -0.05) is 74.5 Å². The third-order valence-corrected chi connectivity index (χ3v) is 11.2. The van der Waals surface area contributed by atoms with E-state index >= 15 is 4.39 Å². The number of H-pyrrole nitrogens is 1. The maximum Gasteiger partial charge on any atom is 0.315 e. The molecule has 3 aromatic heterocycles. The van der Waals surface area contributed by atoms with Crippen LogP contribution < -0.4 is 15.4 Å². The van der Waals surface area contributed by atoms with E-state index in [0.717, 1.165) is 66.7 Å². The van der Waals surface area contributed by atoms with Crippen LogP contribution in [-0.4, -0.2) is 74.2 Å². The molecule has 0 radical (unpaired) electrons. The number of imide groups is 1. The molecule has 8 rings (SSSR count). The molecule has 13 nitrogen and oxygen atoms in total. The summed E-state index contributed by atoms with van der Waals surface area (Å²) in [5.74, 6) is -0.247. The molecule has 0 saturated carbocycles. The molecule has 1 atom stereocenters. The number of aromatic nitrogens is 5. The van der Waals surface area contributed by atoms with Gasteiger partial charge in [-0.15, -0.1) is 0 Å². The minimum absolute atomic E-state index is 0.0484. The molecule has 2 aliphatic rings. The van der Waals surface area contributed by atoms with Gasteiger partial charge in [0.25, 0.3) is 0 Å². The lowest BCUT2D eigenvalue weighted by molar-refractivity contribution is -0.134. The van der Waals surface area contributed by atoms with Gasteiger partial charge in [0.1, 0.15) is 11.6 Å². The summed E-state index contributed by atoms with van der Waals surface area (Å²) in [6.45, 7) is 9.36. The molecule has 0 bridgehead atoms. The molecule has 1 unspecified atom stereocenters. The number of carbonyl (C=O) groups excluding carboxylic acids is 3. The molecule has 3 N–H and O–H groups in total. The van der Waals surface area contributed by atoms with Crippen LogP contribution in [0, 0.1) is 5.82 Å². The summed E-state index contributed by atoms with van der Waals surface area (Å²) in [5, 5.41) is 17.1. The second-order valence-electron chi connectivity index (χ2n) is 16.4. The van der Waals surface area contributed by atoms with Crippen molar-refractivity contribution in [2.45, 2.75) is 76.7 Å². The molecule has 2 saturated heterocycles. The van der Waals surface area contributed by atoms with Gasteiger partial charge in [-0.2, -0.15) is 10.1 Å². The van der Waals surface area contributed by atoms with Gasteiger partial charge < -0.3 is 19.5 Å². The SMILES string of the molecule is CC(C)(C)c1noc(C(=O)NCc2ccc(-c3[nH]nc4ncc(-c5ccc(C6CCN(CCCOc7ccc(C8CCC(=O)NC8=O)cc7)CC6)cc5)cc34)cc2F)n1. The van der Waals surface area contributed by atoms with Crippen LogP contribution in [0.2, 0.25) is 0 Å². The van der Waals surface area contributed by atoms with Crippen LogP contribution in [0.1, 0.15) is 97.9 Å². The number of halogens is 1. The number of ether oxygens (including phenoxy) is 1. The molecule has 6 aromatic rings. The van der Waals surface area contributed by atoms with E-state index in [9.17, 15) is 14.4 Å². The molecule has 2 fully saturated rings. The van der Waals surface area contributed by atoms with Crippen molar-refractivity contribution in [1.29, 1.82) is 0 Å². The predicted molar refractivity (Wildman–Crippen MR) is 219 cm³/mol. The number of fused-ring (bicyclic) bond motifs is 1. The van der Waals surface area contributed by atoms with Crippen LogP contribution in [0.3, 0.4) is 0 Å². The van der Waals surface area contributed by atoms with E-state index in [4.69, 9.17) is 9.26 Å². The standard InChI is InChI=1S/C45H47FN8O5/c1-45(2,3)44-50-43(59-53-44)42(57)48-25-32-10-9-31(24-37(32)46)39-36-23-33(26-47-40(36)52-51-39)28-7-5-27(6-8-28)29-17-20-54(21-18-29)19-4-22-58-34-13-11-30(12-14-34)35-15-16-38(55)49-41(35)56/h5-14,23-24,26,29,35H,4,15-22,25H2,1-3H3,(H,48,57)(H,47,51,52)(H,49,55,56). The number of carbonyl (C=O) groups is 3. The minimum Gasteiger partial charge on any atom is -0.494 e. The van der Waals surface area contributed by atoms with E-state index in [0.29, 0.717) is 53.7 Å². The van der Waals surface area contributed by atoms with E-state index in [1.54, 1.807) is 18.3 Å². The first-order valence-corrected chi connectivity index (χ1v) is 20.1. The average molecular weight is 799 g/mol. The number of hydrogen-bond donors (Lipinski definition) is 3. The van der Waals surface area contributed by atoms with Crippen LogP contribution in [0.5, 0.6) is 5.75 Å². The van der Waals surface area contributed by atoms with Crippen LogP contribution in [-0.2, 0) is 21.5 Å². The molecule has 304 valence electrons. The smallest absolute Gasteiger partial charge is 0.315 e. The number of likely N-dealkylation sites (tertiary alicyclic amines) is 1. The second-order valence-corrected chi connectivity index (χ2v) is 16.4. The Balaban J connectivity index is 0.816. The Bertz CT molecular complexity index is 2470. The quantitative estimate of drug-likeness (QED) is 0.0850. The van der Waals surface area contributed by atoms with Crippen molar-refractivity contribution in [3.8, 4) is 28.1 Å². The minimum atomic E-state index is -0.571. The Morgan fingerprint density at radius 3 is 2.41 bits per heavy atom. The first-order valence-electron chi connectivity index (χ1n) is 20.1. The first-order chi connectivity index (χ1) is 28.5. The van der Waals surface area contributed by atoms with E-state index in [1.165, 1.54) is 11.6 Å². The number of amides is 3. The highest BCUT2D eigenvalue weighted by Gasteiger charge is 2.28. The molecule has 0 spiro atoms. The molecule has 59 heavy (non-hydrogen) atoms. The lowest BCUT2D eigenvalue weighted by Gasteiger charge is -2.32. The van der Waals surface area contributed by atoms with Crippen molar-refractivity contribution in [3.63, 3.8) is 0 Å². The van der Waals surface area contributed by atoms with Crippen LogP contribution in [0.15, 0.2) is 83.5 Å². The summed E-state index contributed by atoms with van der Waals surface area (Å²) in [6.07, 6.45) is 5.81. The molecule has 14 heteroatoms. The van der Waals surface area contributed by atoms with Gasteiger partial charge in [0.05, 0.1) is 18.2 Å². The number of rotatable bonds is 12. The normalized spacial score (nSPS) is 16.6. The second kappa shape index (κ2) is 16.9. The molecular formula is C45H47FN8O5. The fourth-order valence-corrected chi connectivity index (χ4v) is 7.72. The van der Waals surface area contributed by atoms with Crippen LogP contribution in [0.25, 0.3) is 33.4 Å². The molecular weight excluding hydrogens is 752 g/mol. The van der Waals surface area contributed by atoms with Crippen molar-refractivity contribution >= 4 is 28.8 Å². The van der Waals surface area contributed by atoms with E-state index in [2.05, 4.69) is 65.1 Å². The Morgan fingerprint density at radius 2 is 1.69 bits per heavy atom. The molecule has 3 aromatic carbocycles. The van der Waals surface area contributed by atoms with Crippen molar-refractivity contribution < 1.29 is 28.0 Å². The lowest BCUT2D eigenvalue weighted by atomic mass is 9.88. The highest BCUT2D eigenvalue weighted by molar-refractivity contribution is 6.01. The number of benzene rings is 3. The fourth-order valence-electron chi connectivity index (χ4n) is 7.72. The number of hydrogen-bond acceptors (Lipinski definition) is 10. The molecule has 3 amide bonds. The summed E-state index contributed by atoms with van der Waals surface area (Å²) < 4.78 is 26.4. The number of piperidine rings is 2. The summed E-state index contributed by atoms with van der Waals surface area (Å²) in [7, 11) is 0. The van der Waals surface area contributed by atoms with Gasteiger partial charge in [0.15, 0.2) is 11.5 Å². The van der Waals surface area contributed by atoms with Gasteiger partial charge in [0, 0.05) is 53.2 Å². The van der Waals surface area contributed by atoms with Gasteiger partial charge in [0.2, 0.25) is 11.8 Å². The van der Waals surface area contributed by atoms with Crippen molar-refractivity contribution in [2.75, 3.05) is 26.2 Å². The topological polar surface area (TPSA) is 168 Å². The van der Waals surface area contributed by atoms with Gasteiger partial charge in [-0.3, -0.25) is 24.8 Å². The summed E-state index contributed by atoms with van der Waals surface area (Å²) in [4.78, 5) is 47.5. The molecule has 0 aliphatic carbocycles. The van der Waals surface area contributed by atoms with Gasteiger partial charge in [-0.05, 0) is 85.6 Å². The van der Waals surface area contributed by atoms with E-state index in [1.807, 2.05) is 51.1 Å². The molecule has 2 aliphatic heterocycles. The number of nitrogens with one attached hydrogen (secondary N) is 3. The zero-order valence-electron chi connectivity index (χ0n) is 33.4. The van der Waals surface area contributed by atoms with Crippen molar-refractivity contribution in [2.24, 2.45) is 0 Å². The predicted octanol–water partition coefficient (Wildman–Crippen LogP) is 7.21. The third-order valence-electron chi connectivity index (χ3n) is 11.2. The maximum absolute atomic E-state index is 15.3. The summed E-state index contributed by atoms with van der Waals surface area (Å²) in [5.41, 5.74) is 5.93.